The van der Waals surface area contributed by atoms with Crippen molar-refractivity contribution in [1.82, 2.24) is 10.2 Å². The summed E-state index contributed by atoms with van der Waals surface area (Å²) in [5.41, 5.74) is 0.620. The van der Waals surface area contributed by atoms with Crippen LogP contribution in [0.2, 0.25) is 0 Å². The molecule has 1 aromatic rings. The van der Waals surface area contributed by atoms with Crippen LogP contribution < -0.4 is 15.4 Å². The molecule has 0 unspecified atom stereocenters. The molecule has 0 spiro atoms. The first-order valence-corrected chi connectivity index (χ1v) is 8.47. The predicted octanol–water partition coefficient (Wildman–Crippen LogP) is 0.277. The van der Waals surface area contributed by atoms with Crippen LogP contribution in [-0.2, 0) is 9.47 Å². The predicted molar refractivity (Wildman–Crippen MR) is 91.9 cm³/mol. The average Bonchev–Trinajstić information content (AvgIpc) is 2.96. The minimum Gasteiger partial charge on any atom is -0.497 e. The number of nitrogens with one attached hydrogen (secondary N) is 2. The van der Waals surface area contributed by atoms with Crippen molar-refractivity contribution in [3.63, 3.8) is 0 Å². The summed E-state index contributed by atoms with van der Waals surface area (Å²) in [5, 5.41) is 15.9. The highest BCUT2D eigenvalue weighted by Crippen LogP contribution is 2.18. The summed E-state index contributed by atoms with van der Waals surface area (Å²) < 4.78 is 16.1. The normalized spacial score (nSPS) is 27.0. The van der Waals surface area contributed by atoms with Gasteiger partial charge in [0.05, 0.1) is 39.1 Å². The van der Waals surface area contributed by atoms with Crippen LogP contribution in [0.25, 0.3) is 0 Å². The van der Waals surface area contributed by atoms with Crippen molar-refractivity contribution in [1.29, 1.82) is 0 Å². The number of amides is 2. The number of rotatable bonds is 5. The van der Waals surface area contributed by atoms with Crippen molar-refractivity contribution >= 4 is 11.7 Å². The molecule has 0 saturated carbocycles. The van der Waals surface area contributed by atoms with Crippen molar-refractivity contribution in [3.8, 4) is 5.75 Å². The maximum atomic E-state index is 12.2. The van der Waals surface area contributed by atoms with Gasteiger partial charge in [-0.2, -0.15) is 0 Å². The van der Waals surface area contributed by atoms with E-state index in [2.05, 4.69) is 15.5 Å². The van der Waals surface area contributed by atoms with E-state index in [4.69, 9.17) is 14.2 Å². The molecule has 3 rings (SSSR count). The number of hydrogen-bond acceptors (Lipinski definition) is 6. The molecule has 138 valence electrons. The highest BCUT2D eigenvalue weighted by molar-refractivity contribution is 5.89. The molecule has 2 fully saturated rings. The Balaban J connectivity index is 1.48. The monoisotopic (exact) mass is 351 g/mol. The van der Waals surface area contributed by atoms with Gasteiger partial charge in [-0.05, 0) is 12.1 Å². The third-order valence-corrected chi connectivity index (χ3v) is 4.47. The molecule has 2 saturated heterocycles. The minimum atomic E-state index is -0.737. The smallest absolute Gasteiger partial charge is 0.319 e. The molecule has 8 nitrogen and oxygen atoms in total. The van der Waals surface area contributed by atoms with E-state index in [9.17, 15) is 9.90 Å². The topological polar surface area (TPSA) is 92.3 Å². The molecule has 3 atom stereocenters. The Bertz CT molecular complexity index is 579. The maximum Gasteiger partial charge on any atom is 0.319 e. The molecule has 2 heterocycles. The second-order valence-corrected chi connectivity index (χ2v) is 6.21. The molecule has 2 aliphatic heterocycles. The lowest BCUT2D eigenvalue weighted by Crippen LogP contribution is -2.49. The van der Waals surface area contributed by atoms with Gasteiger partial charge in [-0.3, -0.25) is 4.90 Å². The Morgan fingerprint density at radius 3 is 2.96 bits per heavy atom. The molecule has 0 radical (unpaired) electrons. The van der Waals surface area contributed by atoms with E-state index in [-0.39, 0.29) is 12.1 Å². The minimum absolute atomic E-state index is 0.293. The van der Waals surface area contributed by atoms with E-state index >= 15 is 0 Å². The number of carbonyl (C=O) groups is 1. The lowest BCUT2D eigenvalue weighted by atomic mass is 10.1. The van der Waals surface area contributed by atoms with Crippen LogP contribution in [0.15, 0.2) is 24.3 Å². The van der Waals surface area contributed by atoms with E-state index in [1.54, 1.807) is 31.4 Å². The highest BCUT2D eigenvalue weighted by Gasteiger charge is 2.37. The first-order valence-electron chi connectivity index (χ1n) is 8.47. The van der Waals surface area contributed by atoms with Gasteiger partial charge in [-0.15, -0.1) is 0 Å². The highest BCUT2D eigenvalue weighted by atomic mass is 16.5. The number of aliphatic hydroxyl groups excluding tert-OH is 1. The molecular formula is C17H25N3O5. The number of morpholine rings is 1. The van der Waals surface area contributed by atoms with Gasteiger partial charge >= 0.3 is 6.03 Å². The second-order valence-electron chi connectivity index (χ2n) is 6.21. The van der Waals surface area contributed by atoms with E-state index in [1.165, 1.54) is 0 Å². The molecular weight excluding hydrogens is 326 g/mol. The number of anilines is 1. The largest absolute Gasteiger partial charge is 0.497 e. The van der Waals surface area contributed by atoms with Gasteiger partial charge < -0.3 is 30.0 Å². The molecule has 3 N–H and O–H groups in total. The number of methoxy groups -OCH3 is 1. The summed E-state index contributed by atoms with van der Waals surface area (Å²) in [6, 6.07) is 6.27. The lowest BCUT2D eigenvalue weighted by molar-refractivity contribution is -0.0180. The third kappa shape index (κ3) is 4.82. The number of hydrogen-bond donors (Lipinski definition) is 3. The molecule has 0 aliphatic carbocycles. The van der Waals surface area contributed by atoms with E-state index < -0.39 is 12.1 Å². The Labute approximate surface area is 147 Å². The van der Waals surface area contributed by atoms with Crippen LogP contribution in [0.5, 0.6) is 5.75 Å². The van der Waals surface area contributed by atoms with Gasteiger partial charge in [0.15, 0.2) is 0 Å². The van der Waals surface area contributed by atoms with Gasteiger partial charge in [0, 0.05) is 31.4 Å². The summed E-state index contributed by atoms with van der Waals surface area (Å²) in [6.07, 6.45) is -1.04. The molecule has 2 aliphatic rings. The first kappa shape index (κ1) is 17.9. The van der Waals surface area contributed by atoms with Crippen LogP contribution >= 0.6 is 0 Å². The van der Waals surface area contributed by atoms with Crippen LogP contribution in [-0.4, -0.2) is 80.9 Å². The van der Waals surface area contributed by atoms with Crippen LogP contribution in [0.4, 0.5) is 10.5 Å². The molecule has 0 aromatic heterocycles. The number of carbonyl (C=O) groups excluding carboxylic acids is 1. The van der Waals surface area contributed by atoms with Gasteiger partial charge in [-0.25, -0.2) is 4.79 Å². The van der Waals surface area contributed by atoms with Gasteiger partial charge in [0.25, 0.3) is 0 Å². The number of nitrogens with zero attached hydrogens (tertiary/aromatic N) is 1. The van der Waals surface area contributed by atoms with Crippen molar-refractivity contribution in [2.24, 2.45) is 0 Å². The second kappa shape index (κ2) is 8.48. The van der Waals surface area contributed by atoms with Gasteiger partial charge in [0.2, 0.25) is 0 Å². The summed E-state index contributed by atoms with van der Waals surface area (Å²) in [7, 11) is 1.57. The Kier molecular flexibility index (Phi) is 6.09. The summed E-state index contributed by atoms with van der Waals surface area (Å²) in [4.78, 5) is 14.4. The van der Waals surface area contributed by atoms with Crippen molar-refractivity contribution in [3.05, 3.63) is 24.3 Å². The zero-order valence-corrected chi connectivity index (χ0v) is 14.3. The average molecular weight is 351 g/mol. The number of aliphatic hydroxyl groups is 1. The molecule has 1 aromatic carbocycles. The summed E-state index contributed by atoms with van der Waals surface area (Å²) in [6.45, 7) is 4.00. The molecule has 8 heteroatoms. The fourth-order valence-corrected chi connectivity index (χ4v) is 3.05. The zero-order chi connectivity index (χ0) is 17.6. The van der Waals surface area contributed by atoms with Crippen LogP contribution in [0.1, 0.15) is 0 Å². The van der Waals surface area contributed by atoms with Crippen LogP contribution in [0.3, 0.4) is 0 Å². The maximum absolute atomic E-state index is 12.2. The Morgan fingerprint density at radius 1 is 1.40 bits per heavy atom. The zero-order valence-electron chi connectivity index (χ0n) is 14.3. The van der Waals surface area contributed by atoms with E-state index in [0.29, 0.717) is 37.8 Å². The van der Waals surface area contributed by atoms with Gasteiger partial charge in [0.1, 0.15) is 11.9 Å². The number of ether oxygens (including phenoxy) is 3. The molecule has 0 bridgehead atoms. The SMILES string of the molecule is COc1cccc(NC(=O)N[C@H]2CO[C@@H](CN3CCOCC3)[C@@H]2O)c1. The van der Waals surface area contributed by atoms with E-state index in [0.717, 1.165) is 13.1 Å². The fourth-order valence-electron chi connectivity index (χ4n) is 3.05. The van der Waals surface area contributed by atoms with Gasteiger partial charge in [-0.1, -0.05) is 6.07 Å². The standard InChI is InChI=1S/C17H25N3O5/c1-23-13-4-2-3-12(9-13)18-17(22)19-14-11-25-15(16(14)21)10-20-5-7-24-8-6-20/h2-4,9,14-16,21H,5-8,10-11H2,1H3,(H2,18,19,22)/t14-,15-,16+/m0/s1. The fraction of sp³-hybridized carbons (Fsp3) is 0.588. The van der Waals surface area contributed by atoms with Crippen molar-refractivity contribution in [2.75, 3.05) is 51.9 Å². The number of benzene rings is 1. The quantitative estimate of drug-likeness (QED) is 0.706. The number of urea groups is 1. The van der Waals surface area contributed by atoms with Crippen molar-refractivity contribution < 1.29 is 24.1 Å². The van der Waals surface area contributed by atoms with Crippen molar-refractivity contribution in [2.45, 2.75) is 18.2 Å². The Morgan fingerprint density at radius 2 is 2.20 bits per heavy atom. The molecule has 2 amide bonds. The Hall–Kier alpha value is -1.87. The molecule has 25 heavy (non-hydrogen) atoms. The third-order valence-electron chi connectivity index (χ3n) is 4.47. The first-order chi connectivity index (χ1) is 12.2. The lowest BCUT2D eigenvalue weighted by Gasteiger charge is -2.29. The van der Waals surface area contributed by atoms with E-state index in [1.807, 2.05) is 0 Å². The summed E-state index contributed by atoms with van der Waals surface area (Å²) in [5.74, 6) is 0.660. The van der Waals surface area contributed by atoms with Crippen LogP contribution in [0, 0.1) is 0 Å². The summed E-state index contributed by atoms with van der Waals surface area (Å²) >= 11 is 0.